The summed E-state index contributed by atoms with van der Waals surface area (Å²) < 4.78 is 4.83. The van der Waals surface area contributed by atoms with Crippen LogP contribution < -0.4 is 5.46 Å². The number of benzene rings is 1. The molecule has 0 aromatic heterocycles. The van der Waals surface area contributed by atoms with E-state index in [9.17, 15) is 4.79 Å². The average Bonchev–Trinajstić information content (AvgIpc) is 2.17. The van der Waals surface area contributed by atoms with Crippen molar-refractivity contribution in [3.8, 4) is 6.07 Å². The summed E-state index contributed by atoms with van der Waals surface area (Å²) in [6.45, 7) is 2.09. The van der Waals surface area contributed by atoms with Gasteiger partial charge in [0.05, 0.1) is 23.8 Å². The molecule has 0 aliphatic heterocycles. The Balaban J connectivity index is 3.04. The van der Waals surface area contributed by atoms with Crippen LogP contribution in [0.25, 0.3) is 0 Å². The maximum atomic E-state index is 11.3. The molecule has 0 bridgehead atoms. The van der Waals surface area contributed by atoms with Crippen molar-refractivity contribution in [3.63, 3.8) is 0 Å². The molecule has 0 aliphatic carbocycles. The lowest BCUT2D eigenvalue weighted by molar-refractivity contribution is 0.0526. The molecule has 1 aromatic rings. The third-order valence-corrected chi connectivity index (χ3v) is 1.72. The van der Waals surface area contributed by atoms with Crippen LogP contribution >= 0.6 is 0 Å². The molecule has 0 saturated carbocycles. The van der Waals surface area contributed by atoms with Gasteiger partial charge < -0.3 is 4.74 Å². The van der Waals surface area contributed by atoms with E-state index >= 15 is 0 Å². The lowest BCUT2D eigenvalue weighted by atomic mass is 9.92. The Morgan fingerprint density at radius 1 is 1.57 bits per heavy atom. The molecule has 14 heavy (non-hydrogen) atoms. The van der Waals surface area contributed by atoms with Gasteiger partial charge in [-0.05, 0) is 13.0 Å². The molecule has 0 atom stereocenters. The van der Waals surface area contributed by atoms with Gasteiger partial charge in [0.2, 0.25) is 0 Å². The Hall–Kier alpha value is -1.76. The number of hydrogen-bond acceptors (Lipinski definition) is 3. The van der Waals surface area contributed by atoms with E-state index in [1.54, 1.807) is 19.1 Å². The predicted molar refractivity (Wildman–Crippen MR) is 55.3 cm³/mol. The van der Waals surface area contributed by atoms with Gasteiger partial charge in [-0.2, -0.15) is 5.26 Å². The first-order valence-electron chi connectivity index (χ1n) is 4.36. The molecular formula is C10H10BNO2. The Morgan fingerprint density at radius 3 is 2.86 bits per heavy atom. The van der Waals surface area contributed by atoms with Crippen molar-refractivity contribution in [2.75, 3.05) is 6.61 Å². The predicted octanol–water partition coefficient (Wildman–Crippen LogP) is -0.00662. The van der Waals surface area contributed by atoms with Crippen LogP contribution in [-0.4, -0.2) is 20.4 Å². The Kier molecular flexibility index (Phi) is 3.30. The highest BCUT2D eigenvalue weighted by Crippen LogP contribution is 2.03. The van der Waals surface area contributed by atoms with Crippen LogP contribution in [0.4, 0.5) is 0 Å². The van der Waals surface area contributed by atoms with Gasteiger partial charge in [-0.1, -0.05) is 17.6 Å². The second-order valence-electron chi connectivity index (χ2n) is 2.92. The van der Waals surface area contributed by atoms with Crippen LogP contribution in [0.2, 0.25) is 0 Å². The zero-order valence-corrected chi connectivity index (χ0v) is 8.20. The summed E-state index contributed by atoms with van der Waals surface area (Å²) in [7, 11) is 1.84. The number of nitriles is 1. The standard InChI is InChI=1S/C10H10BNO2/c1-2-14-10(13)8-3-7(6-12)4-9(11)5-8/h3-5H,2,11H2,1H3. The number of ether oxygens (including phenoxy) is 1. The van der Waals surface area contributed by atoms with E-state index in [-0.39, 0.29) is 5.97 Å². The van der Waals surface area contributed by atoms with E-state index in [2.05, 4.69) is 0 Å². The molecule has 0 N–H and O–H groups in total. The summed E-state index contributed by atoms with van der Waals surface area (Å²) in [6.07, 6.45) is 0. The van der Waals surface area contributed by atoms with Gasteiger partial charge in [0, 0.05) is 0 Å². The molecule has 3 nitrogen and oxygen atoms in total. The normalized spacial score (nSPS) is 9.14. The SMILES string of the molecule is Bc1cc(C#N)cc(C(=O)OCC)c1. The second-order valence-corrected chi connectivity index (χ2v) is 2.92. The Labute approximate surface area is 83.7 Å². The van der Waals surface area contributed by atoms with Gasteiger partial charge >= 0.3 is 5.97 Å². The number of hydrogen-bond donors (Lipinski definition) is 0. The van der Waals surface area contributed by atoms with Crippen LogP contribution in [-0.2, 0) is 4.74 Å². The van der Waals surface area contributed by atoms with Crippen molar-refractivity contribution >= 4 is 19.3 Å². The molecule has 0 saturated heterocycles. The summed E-state index contributed by atoms with van der Waals surface area (Å²) >= 11 is 0. The van der Waals surface area contributed by atoms with Gasteiger partial charge in [-0.15, -0.1) is 0 Å². The molecule has 0 fully saturated rings. The van der Waals surface area contributed by atoms with Crippen molar-refractivity contribution in [1.29, 1.82) is 5.26 Å². The summed E-state index contributed by atoms with van der Waals surface area (Å²) in [5, 5.41) is 8.70. The topological polar surface area (TPSA) is 50.1 Å². The van der Waals surface area contributed by atoms with Crippen molar-refractivity contribution in [3.05, 3.63) is 29.3 Å². The number of esters is 1. The molecule has 4 heteroatoms. The maximum Gasteiger partial charge on any atom is 0.338 e. The monoisotopic (exact) mass is 187 g/mol. The highest BCUT2D eigenvalue weighted by Gasteiger charge is 2.07. The van der Waals surface area contributed by atoms with E-state index in [4.69, 9.17) is 10.00 Å². The molecule has 0 unspecified atom stereocenters. The minimum absolute atomic E-state index is 0.342. The fourth-order valence-corrected chi connectivity index (χ4v) is 1.18. The van der Waals surface area contributed by atoms with E-state index in [1.165, 1.54) is 6.07 Å². The maximum absolute atomic E-state index is 11.3. The highest BCUT2D eigenvalue weighted by molar-refractivity contribution is 6.32. The van der Waals surface area contributed by atoms with Crippen LogP contribution in [0, 0.1) is 11.3 Å². The third kappa shape index (κ3) is 2.36. The second kappa shape index (κ2) is 4.47. The number of carbonyl (C=O) groups is 1. The zero-order chi connectivity index (χ0) is 10.6. The van der Waals surface area contributed by atoms with E-state index in [1.807, 2.05) is 13.9 Å². The molecular weight excluding hydrogens is 177 g/mol. The molecule has 0 aliphatic rings. The van der Waals surface area contributed by atoms with Crippen molar-refractivity contribution in [1.82, 2.24) is 0 Å². The van der Waals surface area contributed by atoms with Crippen LogP contribution in [0.1, 0.15) is 22.8 Å². The molecule has 70 valence electrons. The first-order valence-corrected chi connectivity index (χ1v) is 4.36. The molecule has 1 rings (SSSR count). The fraction of sp³-hybridized carbons (Fsp3) is 0.200. The van der Waals surface area contributed by atoms with E-state index in [0.29, 0.717) is 17.7 Å². The Bertz CT molecular complexity index is 396. The van der Waals surface area contributed by atoms with Crippen LogP contribution in [0.5, 0.6) is 0 Å². The van der Waals surface area contributed by atoms with Gasteiger partial charge in [0.25, 0.3) is 0 Å². The molecule has 1 aromatic carbocycles. The minimum atomic E-state index is -0.382. The van der Waals surface area contributed by atoms with Gasteiger partial charge in [-0.3, -0.25) is 0 Å². The Morgan fingerprint density at radius 2 is 2.29 bits per heavy atom. The van der Waals surface area contributed by atoms with E-state index in [0.717, 1.165) is 5.46 Å². The number of rotatable bonds is 2. The largest absolute Gasteiger partial charge is 0.462 e. The lowest BCUT2D eigenvalue weighted by Gasteiger charge is -2.03. The quantitative estimate of drug-likeness (QED) is 0.483. The molecule has 0 heterocycles. The van der Waals surface area contributed by atoms with Gasteiger partial charge in [-0.25, -0.2) is 4.79 Å². The lowest BCUT2D eigenvalue weighted by Crippen LogP contribution is -2.11. The van der Waals surface area contributed by atoms with Crippen LogP contribution in [0.3, 0.4) is 0 Å². The van der Waals surface area contributed by atoms with Gasteiger partial charge in [0.15, 0.2) is 0 Å². The molecule has 0 amide bonds. The minimum Gasteiger partial charge on any atom is -0.462 e. The number of carbonyl (C=O) groups excluding carboxylic acids is 1. The van der Waals surface area contributed by atoms with Crippen LogP contribution in [0.15, 0.2) is 18.2 Å². The number of nitrogens with zero attached hydrogens (tertiary/aromatic N) is 1. The highest BCUT2D eigenvalue weighted by atomic mass is 16.5. The summed E-state index contributed by atoms with van der Waals surface area (Å²) in [6, 6.07) is 6.96. The zero-order valence-electron chi connectivity index (χ0n) is 8.20. The van der Waals surface area contributed by atoms with Crippen molar-refractivity contribution < 1.29 is 9.53 Å². The molecule has 0 spiro atoms. The third-order valence-electron chi connectivity index (χ3n) is 1.72. The average molecular weight is 187 g/mol. The smallest absolute Gasteiger partial charge is 0.338 e. The first kappa shape index (κ1) is 10.3. The first-order chi connectivity index (χ1) is 6.67. The summed E-state index contributed by atoms with van der Waals surface area (Å²) in [4.78, 5) is 11.3. The molecule has 0 radical (unpaired) electrons. The van der Waals surface area contributed by atoms with E-state index < -0.39 is 0 Å². The fourth-order valence-electron chi connectivity index (χ4n) is 1.18. The van der Waals surface area contributed by atoms with Crippen molar-refractivity contribution in [2.24, 2.45) is 0 Å². The van der Waals surface area contributed by atoms with Gasteiger partial charge in [0.1, 0.15) is 7.85 Å². The summed E-state index contributed by atoms with van der Waals surface area (Å²) in [5.41, 5.74) is 1.79. The summed E-state index contributed by atoms with van der Waals surface area (Å²) in [5.74, 6) is -0.382. The van der Waals surface area contributed by atoms with Crippen molar-refractivity contribution in [2.45, 2.75) is 6.92 Å².